The molecule has 56 heavy (non-hydrogen) atoms. The van der Waals surface area contributed by atoms with Gasteiger partial charge < -0.3 is 43.9 Å². The molecule has 0 aromatic heterocycles. The number of rotatable bonds is 10. The molecule has 14 atom stereocenters. The lowest BCUT2D eigenvalue weighted by atomic mass is 9.73. The standard InChI is InChI=1S/C43H69N3O10/c1-14-19-26(4)44-45-35-25(3)24-42(9,52-13)39(56-41-36(48)32(46(11)12)22-27(5)53-41)29(7)37(55-34(47)23-31-20-17-16-18-21-31)30(8)40(50)54-33(15-2)43(10,51)38(49)28(35)6/h14,16-21,25,27-30,32-33,36-39,41,48-49,51H,15,22-24H2,1-13H3/b19-14+,44-26+,45-35+/t25-,27?,28+,29+,30-,32?,33-,36?,37+,38-,39-,41?,42-,43-/m1/s1. The van der Waals surface area contributed by atoms with Crippen LogP contribution in [0, 0.1) is 23.7 Å². The number of aliphatic hydroxyl groups is 3. The summed E-state index contributed by atoms with van der Waals surface area (Å²) in [6, 6.07) is 8.87. The van der Waals surface area contributed by atoms with Gasteiger partial charge in [-0.15, -0.1) is 0 Å². The van der Waals surface area contributed by atoms with Gasteiger partial charge in [0.1, 0.15) is 23.9 Å². The van der Waals surface area contributed by atoms with Crippen LogP contribution in [0.1, 0.15) is 94.1 Å². The van der Waals surface area contributed by atoms with Crippen LogP contribution in [0.3, 0.4) is 0 Å². The van der Waals surface area contributed by atoms with Gasteiger partial charge in [0.15, 0.2) is 6.29 Å². The number of ether oxygens (including phenoxy) is 5. The Morgan fingerprint density at radius 2 is 1.71 bits per heavy atom. The number of nitrogens with zero attached hydrogens (tertiary/aromatic N) is 3. The minimum Gasteiger partial charge on any atom is -0.461 e. The lowest BCUT2D eigenvalue weighted by molar-refractivity contribution is -0.301. The van der Waals surface area contributed by atoms with E-state index in [0.717, 1.165) is 5.56 Å². The number of carbonyl (C=O) groups is 2. The SMILES string of the molecule is C/C=C/C(C)=N/N=C1\[C@H](C)C[C@@](C)(OC)[C@H](OC2OC(C)CC(N(C)C)C2O)[C@@H](C)[C@H](OC(=O)Cc2ccccc2)[C@@H](C)C(=O)O[C@H](CC)[C@@](C)(O)[C@H](O)[C@H]1C. The quantitative estimate of drug-likeness (QED) is 0.163. The first-order valence-electron chi connectivity index (χ1n) is 20.0. The molecule has 0 radical (unpaired) electrons. The van der Waals surface area contributed by atoms with Gasteiger partial charge in [-0.2, -0.15) is 10.2 Å². The number of cyclic esters (lactones) is 1. The smallest absolute Gasteiger partial charge is 0.312 e. The predicted molar refractivity (Wildman–Crippen MR) is 216 cm³/mol. The Morgan fingerprint density at radius 1 is 1.07 bits per heavy atom. The first-order chi connectivity index (χ1) is 26.2. The van der Waals surface area contributed by atoms with Crippen LogP contribution >= 0.6 is 0 Å². The molecule has 2 aliphatic rings. The highest BCUT2D eigenvalue weighted by Gasteiger charge is 2.52. The number of aliphatic hydroxyl groups excluding tert-OH is 2. The third-order valence-electron chi connectivity index (χ3n) is 11.7. The summed E-state index contributed by atoms with van der Waals surface area (Å²) in [6.45, 7) is 17.8. The predicted octanol–water partition coefficient (Wildman–Crippen LogP) is 5.13. The zero-order chi connectivity index (χ0) is 42.1. The summed E-state index contributed by atoms with van der Waals surface area (Å²) in [5, 5.41) is 44.7. The van der Waals surface area contributed by atoms with Crippen molar-refractivity contribution in [2.75, 3.05) is 21.2 Å². The van der Waals surface area contributed by atoms with E-state index in [1.807, 2.05) is 103 Å². The van der Waals surface area contributed by atoms with Crippen LogP contribution in [0.25, 0.3) is 0 Å². The van der Waals surface area contributed by atoms with Crippen molar-refractivity contribution in [3.8, 4) is 0 Å². The zero-order valence-corrected chi connectivity index (χ0v) is 35.8. The van der Waals surface area contributed by atoms with Gasteiger partial charge in [-0.1, -0.05) is 64.1 Å². The molecule has 0 bridgehead atoms. The lowest BCUT2D eigenvalue weighted by Gasteiger charge is -2.48. The molecule has 0 saturated carbocycles. The van der Waals surface area contributed by atoms with Gasteiger partial charge in [-0.3, -0.25) is 9.59 Å². The Bertz CT molecular complexity index is 1520. The second-order valence-corrected chi connectivity index (χ2v) is 16.6. The van der Waals surface area contributed by atoms with Crippen LogP contribution in [0.5, 0.6) is 0 Å². The van der Waals surface area contributed by atoms with E-state index in [0.29, 0.717) is 17.8 Å². The average molecular weight is 788 g/mol. The Morgan fingerprint density at radius 3 is 2.29 bits per heavy atom. The fraction of sp³-hybridized carbons (Fsp3) is 0.721. The van der Waals surface area contributed by atoms with E-state index in [4.69, 9.17) is 23.7 Å². The second-order valence-electron chi connectivity index (χ2n) is 16.6. The first kappa shape index (κ1) is 47.3. The molecule has 2 heterocycles. The van der Waals surface area contributed by atoms with Gasteiger partial charge in [0.2, 0.25) is 0 Å². The maximum atomic E-state index is 14.2. The second kappa shape index (κ2) is 20.6. The monoisotopic (exact) mass is 787 g/mol. The van der Waals surface area contributed by atoms with Crippen molar-refractivity contribution in [2.45, 2.75) is 155 Å². The molecule has 2 saturated heterocycles. The third kappa shape index (κ3) is 11.5. The number of likely N-dealkylation sites (N-methyl/N-ethyl adjacent to an activating group) is 1. The van der Waals surface area contributed by atoms with Crippen molar-refractivity contribution in [3.05, 3.63) is 48.0 Å². The number of hydrogen-bond donors (Lipinski definition) is 3. The molecule has 316 valence electrons. The summed E-state index contributed by atoms with van der Waals surface area (Å²) < 4.78 is 31.9. The van der Waals surface area contributed by atoms with Crippen molar-refractivity contribution in [3.63, 3.8) is 0 Å². The largest absolute Gasteiger partial charge is 0.461 e. The summed E-state index contributed by atoms with van der Waals surface area (Å²) in [7, 11) is 5.33. The number of esters is 2. The molecule has 1 aromatic carbocycles. The molecule has 13 nitrogen and oxygen atoms in total. The fourth-order valence-corrected chi connectivity index (χ4v) is 8.35. The van der Waals surface area contributed by atoms with E-state index in [1.165, 1.54) is 6.92 Å². The molecule has 0 spiro atoms. The van der Waals surface area contributed by atoms with Gasteiger partial charge >= 0.3 is 11.9 Å². The number of benzene rings is 1. The minimum atomic E-state index is -1.91. The molecule has 13 heteroatoms. The molecule has 3 N–H and O–H groups in total. The molecule has 4 unspecified atom stereocenters. The zero-order valence-electron chi connectivity index (χ0n) is 35.8. The summed E-state index contributed by atoms with van der Waals surface area (Å²) in [5.41, 5.74) is -1.28. The molecule has 0 amide bonds. The van der Waals surface area contributed by atoms with Crippen LogP contribution < -0.4 is 0 Å². The van der Waals surface area contributed by atoms with Gasteiger partial charge in [0, 0.05) is 30.7 Å². The molecule has 2 aliphatic heterocycles. The molecular formula is C43H69N3O10. The van der Waals surface area contributed by atoms with Gasteiger partial charge in [-0.05, 0) is 92.5 Å². The Labute approximate surface area is 334 Å². The highest BCUT2D eigenvalue weighted by molar-refractivity contribution is 5.94. The normalized spacial score (nSPS) is 39.1. The van der Waals surface area contributed by atoms with Gasteiger partial charge in [0.25, 0.3) is 0 Å². The molecular weight excluding hydrogens is 718 g/mol. The lowest BCUT2D eigenvalue weighted by Crippen LogP contribution is -2.60. The highest BCUT2D eigenvalue weighted by Crippen LogP contribution is 2.40. The Hall–Kier alpha value is -3.04. The van der Waals surface area contributed by atoms with Gasteiger partial charge in [-0.25, -0.2) is 0 Å². The summed E-state index contributed by atoms with van der Waals surface area (Å²) in [5.74, 6) is -4.33. The van der Waals surface area contributed by atoms with Gasteiger partial charge in [0.05, 0.1) is 42.0 Å². The maximum absolute atomic E-state index is 14.2. The number of methoxy groups -OCH3 is 1. The summed E-state index contributed by atoms with van der Waals surface area (Å²) in [4.78, 5) is 29.9. The van der Waals surface area contributed by atoms with E-state index in [2.05, 4.69) is 10.2 Å². The number of allylic oxidation sites excluding steroid dienone is 2. The van der Waals surface area contributed by atoms with Crippen molar-refractivity contribution >= 4 is 23.4 Å². The number of carbonyl (C=O) groups excluding carboxylic acids is 2. The van der Waals surface area contributed by atoms with Crippen LogP contribution in [0.2, 0.25) is 0 Å². The Balaban J connectivity index is 2.29. The summed E-state index contributed by atoms with van der Waals surface area (Å²) in [6.07, 6.45) is -2.48. The molecule has 3 rings (SSSR count). The highest BCUT2D eigenvalue weighted by atomic mass is 16.7. The molecule has 2 fully saturated rings. The van der Waals surface area contributed by atoms with E-state index < -0.39 is 83.6 Å². The van der Waals surface area contributed by atoms with Crippen LogP contribution in [0.4, 0.5) is 0 Å². The topological polar surface area (TPSA) is 169 Å². The van der Waals surface area contributed by atoms with Crippen molar-refractivity contribution in [1.29, 1.82) is 0 Å². The average Bonchev–Trinajstić information content (AvgIpc) is 3.14. The van der Waals surface area contributed by atoms with Crippen molar-refractivity contribution < 1.29 is 48.6 Å². The summed E-state index contributed by atoms with van der Waals surface area (Å²) >= 11 is 0. The molecule has 1 aromatic rings. The van der Waals surface area contributed by atoms with E-state index in [-0.39, 0.29) is 31.4 Å². The molecule has 0 aliphatic carbocycles. The van der Waals surface area contributed by atoms with Crippen LogP contribution in [-0.2, 0) is 39.7 Å². The third-order valence-corrected chi connectivity index (χ3v) is 11.7. The van der Waals surface area contributed by atoms with E-state index >= 15 is 0 Å². The van der Waals surface area contributed by atoms with Crippen LogP contribution in [-0.4, -0.2) is 125 Å². The van der Waals surface area contributed by atoms with E-state index in [9.17, 15) is 24.9 Å². The van der Waals surface area contributed by atoms with Crippen molar-refractivity contribution in [1.82, 2.24) is 4.90 Å². The maximum Gasteiger partial charge on any atom is 0.312 e. The minimum absolute atomic E-state index is 0.0498. The number of hydrogen-bond acceptors (Lipinski definition) is 13. The first-order valence-corrected chi connectivity index (χ1v) is 20.0. The Kier molecular flexibility index (Phi) is 17.4. The van der Waals surface area contributed by atoms with Crippen LogP contribution in [0.15, 0.2) is 52.7 Å². The van der Waals surface area contributed by atoms with Crippen molar-refractivity contribution in [2.24, 2.45) is 33.9 Å². The van der Waals surface area contributed by atoms with E-state index in [1.54, 1.807) is 27.9 Å². The fourth-order valence-electron chi connectivity index (χ4n) is 8.35.